The number of nitro groups is 1. The van der Waals surface area contributed by atoms with Crippen LogP contribution >= 0.6 is 0 Å². The van der Waals surface area contributed by atoms with Crippen LogP contribution in [-0.2, 0) is 14.8 Å². The van der Waals surface area contributed by atoms with Crippen molar-refractivity contribution >= 4 is 33.0 Å². The summed E-state index contributed by atoms with van der Waals surface area (Å²) in [5.41, 5.74) is 1.90. The quantitative estimate of drug-likeness (QED) is 0.109. The van der Waals surface area contributed by atoms with Crippen molar-refractivity contribution < 1.29 is 32.7 Å². The van der Waals surface area contributed by atoms with Crippen molar-refractivity contribution in [2.24, 2.45) is 17.3 Å². The first kappa shape index (κ1) is 45.3. The smallest absolute Gasteiger partial charge is 0.293 e. The maximum atomic E-state index is 13.3. The van der Waals surface area contributed by atoms with Gasteiger partial charge in [0.05, 0.1) is 27.6 Å². The monoisotopic (exact) mass is 886 g/mol. The predicted molar refractivity (Wildman–Crippen MR) is 244 cm³/mol. The Kier molecular flexibility index (Phi) is 13.7. The van der Waals surface area contributed by atoms with Crippen molar-refractivity contribution in [3.8, 4) is 5.75 Å². The standard InChI is InChI=1S/C48H66N6O8S/c1-34(2)62-45-7-5-4-6-41(45)44-33-51(32-36-16-26-61-27-17-36)24-25-53(44)39-29-48(30-39)20-22-52(23-21-48)38-10-8-37(9-11-38)46(55)50-63(59,60)40-12-13-42(43(28-40)54(57)58)49-31-35-14-18-47(3,56)19-15-35/h4-13,28,34-36,39,44,49,56H,14-27,29-33H2,1-3H3,(H,50,55)/t35?,44-,47?/m1/s1. The number of para-hydroxylation sites is 1. The average molecular weight is 887 g/mol. The number of amides is 1. The molecule has 1 atom stereocenters. The van der Waals surface area contributed by atoms with Gasteiger partial charge in [0.15, 0.2) is 0 Å². The zero-order valence-electron chi connectivity index (χ0n) is 37.2. The number of aliphatic hydroxyl groups is 1. The van der Waals surface area contributed by atoms with Gasteiger partial charge in [-0.1, -0.05) is 18.2 Å². The lowest BCUT2D eigenvalue weighted by Crippen LogP contribution is -2.60. The molecule has 5 fully saturated rings. The number of piperidine rings is 1. The molecule has 1 spiro atoms. The van der Waals surface area contributed by atoms with Crippen molar-refractivity contribution in [3.05, 3.63) is 88.0 Å². The lowest BCUT2D eigenvalue weighted by atomic mass is 9.59. The summed E-state index contributed by atoms with van der Waals surface area (Å²) in [5, 5.41) is 25.3. The second-order valence-corrected chi connectivity index (χ2v) is 21.2. The number of nitrogens with zero attached hydrogens (tertiary/aromatic N) is 4. The molecule has 5 aliphatic rings. The molecule has 3 aromatic rings. The van der Waals surface area contributed by atoms with Gasteiger partial charge in [-0.2, -0.15) is 0 Å². The summed E-state index contributed by atoms with van der Waals surface area (Å²) in [6, 6.07) is 20.0. The summed E-state index contributed by atoms with van der Waals surface area (Å²) in [6.07, 6.45) is 9.83. The predicted octanol–water partition coefficient (Wildman–Crippen LogP) is 7.39. The first-order chi connectivity index (χ1) is 30.2. The zero-order chi connectivity index (χ0) is 44.4. The molecule has 2 saturated carbocycles. The molecule has 1 amide bonds. The van der Waals surface area contributed by atoms with Gasteiger partial charge in [-0.3, -0.25) is 24.7 Å². The van der Waals surface area contributed by atoms with Crippen molar-refractivity contribution in [3.63, 3.8) is 0 Å². The molecule has 3 saturated heterocycles. The highest BCUT2D eigenvalue weighted by atomic mass is 32.2. The lowest BCUT2D eigenvalue weighted by molar-refractivity contribution is -0.384. The number of rotatable bonds is 14. The van der Waals surface area contributed by atoms with Crippen LogP contribution in [0.4, 0.5) is 17.1 Å². The molecule has 8 rings (SSSR count). The molecule has 0 aromatic heterocycles. The molecule has 15 heteroatoms. The number of hydrogen-bond acceptors (Lipinski definition) is 12. The van der Waals surface area contributed by atoms with Gasteiger partial charge in [0.25, 0.3) is 21.6 Å². The van der Waals surface area contributed by atoms with E-state index in [0.717, 1.165) is 109 Å². The highest BCUT2D eigenvalue weighted by molar-refractivity contribution is 7.90. The minimum Gasteiger partial charge on any atom is -0.491 e. The van der Waals surface area contributed by atoms with Crippen molar-refractivity contribution in [1.82, 2.24) is 14.5 Å². The van der Waals surface area contributed by atoms with Crippen LogP contribution < -0.4 is 19.7 Å². The summed E-state index contributed by atoms with van der Waals surface area (Å²) in [7, 11) is -4.40. The highest BCUT2D eigenvalue weighted by Crippen LogP contribution is 2.53. The number of carbonyl (C=O) groups excluding carboxylic acids is 1. The molecule has 342 valence electrons. The molecular formula is C48H66N6O8S. The largest absolute Gasteiger partial charge is 0.491 e. The molecule has 0 unspecified atom stereocenters. The lowest BCUT2D eigenvalue weighted by Gasteiger charge is -2.58. The number of benzene rings is 3. The summed E-state index contributed by atoms with van der Waals surface area (Å²) >= 11 is 0. The normalized spacial score (nSPS) is 25.1. The van der Waals surface area contributed by atoms with E-state index >= 15 is 0 Å². The van der Waals surface area contributed by atoms with Crippen molar-refractivity contribution in [1.29, 1.82) is 0 Å². The Balaban J connectivity index is 0.850. The zero-order valence-corrected chi connectivity index (χ0v) is 38.0. The number of ether oxygens (including phenoxy) is 2. The number of sulfonamides is 1. The van der Waals surface area contributed by atoms with Crippen LogP contribution in [0, 0.1) is 27.4 Å². The van der Waals surface area contributed by atoms with Gasteiger partial charge in [0.1, 0.15) is 11.4 Å². The van der Waals surface area contributed by atoms with Crippen molar-refractivity contribution in [2.45, 2.75) is 114 Å². The molecule has 14 nitrogen and oxygen atoms in total. The minimum atomic E-state index is -4.40. The SMILES string of the molecule is CC(C)Oc1ccccc1[C@H]1CN(CC2CCOCC2)CCN1C1CC2(CCN(c3ccc(C(=O)NS(=O)(=O)c4ccc(NCC5CCC(C)(O)CC5)c([N+](=O)[O-])c4)cc3)CC2)C1. The molecule has 63 heavy (non-hydrogen) atoms. The molecule has 3 heterocycles. The summed E-state index contributed by atoms with van der Waals surface area (Å²) in [4.78, 5) is 32.0. The topological polar surface area (TPSA) is 167 Å². The Morgan fingerprint density at radius 1 is 0.937 bits per heavy atom. The van der Waals surface area contributed by atoms with Gasteiger partial charge in [0.2, 0.25) is 0 Å². The first-order valence-electron chi connectivity index (χ1n) is 23.1. The molecule has 3 aliphatic heterocycles. The van der Waals surface area contributed by atoms with Gasteiger partial charge in [0, 0.05) is 87.9 Å². The van der Waals surface area contributed by atoms with Gasteiger partial charge in [-0.25, -0.2) is 13.1 Å². The number of nitro benzene ring substituents is 1. The van der Waals surface area contributed by atoms with Gasteiger partial charge in [-0.15, -0.1) is 0 Å². The Bertz CT molecular complexity index is 2170. The first-order valence-corrected chi connectivity index (χ1v) is 24.6. The maximum Gasteiger partial charge on any atom is 0.293 e. The van der Waals surface area contributed by atoms with E-state index in [-0.39, 0.29) is 39.9 Å². The summed E-state index contributed by atoms with van der Waals surface area (Å²) < 4.78 is 40.8. The Morgan fingerprint density at radius 2 is 1.63 bits per heavy atom. The number of anilines is 2. The van der Waals surface area contributed by atoms with Crippen LogP contribution in [0.2, 0.25) is 0 Å². The second kappa shape index (κ2) is 19.1. The average Bonchev–Trinajstić information content (AvgIpc) is 3.25. The Morgan fingerprint density at radius 3 is 2.32 bits per heavy atom. The Hall–Kier alpha value is -4.28. The van der Waals surface area contributed by atoms with Gasteiger partial charge < -0.3 is 24.8 Å². The fraction of sp³-hybridized carbons (Fsp3) is 0.604. The molecule has 0 radical (unpaired) electrons. The van der Waals surface area contributed by atoms with Crippen LogP contribution in [0.5, 0.6) is 5.75 Å². The Labute approximate surface area is 372 Å². The summed E-state index contributed by atoms with van der Waals surface area (Å²) in [5.74, 6) is 1.12. The second-order valence-electron chi connectivity index (χ2n) is 19.6. The molecule has 3 aromatic carbocycles. The van der Waals surface area contributed by atoms with E-state index in [1.165, 1.54) is 30.5 Å². The third kappa shape index (κ3) is 10.8. The number of hydrogen-bond donors (Lipinski definition) is 3. The van der Waals surface area contributed by atoms with Crippen LogP contribution in [0.1, 0.15) is 107 Å². The number of piperazine rings is 1. The van der Waals surface area contributed by atoms with Gasteiger partial charge >= 0.3 is 0 Å². The number of carbonyl (C=O) groups is 1. The molecule has 2 aliphatic carbocycles. The molecular weight excluding hydrogens is 821 g/mol. The van der Waals surface area contributed by atoms with E-state index < -0.39 is 26.5 Å². The highest BCUT2D eigenvalue weighted by Gasteiger charge is 2.50. The molecule has 0 bridgehead atoms. The fourth-order valence-electron chi connectivity index (χ4n) is 10.8. The van der Waals surface area contributed by atoms with E-state index in [0.29, 0.717) is 36.8 Å². The van der Waals surface area contributed by atoms with E-state index in [1.54, 1.807) is 12.1 Å². The van der Waals surface area contributed by atoms with Crippen LogP contribution in [0.25, 0.3) is 0 Å². The van der Waals surface area contributed by atoms with Crippen LogP contribution in [-0.4, -0.2) is 111 Å². The fourth-order valence-corrected chi connectivity index (χ4v) is 11.8. The van der Waals surface area contributed by atoms with Crippen molar-refractivity contribution in [2.75, 3.05) is 69.2 Å². The third-order valence-corrected chi connectivity index (χ3v) is 15.9. The van der Waals surface area contributed by atoms with E-state index in [1.807, 2.05) is 19.1 Å². The van der Waals surface area contributed by atoms with E-state index in [9.17, 15) is 28.4 Å². The van der Waals surface area contributed by atoms with E-state index in [4.69, 9.17) is 9.47 Å². The minimum absolute atomic E-state index is 0.104. The van der Waals surface area contributed by atoms with Gasteiger partial charge in [-0.05, 0) is 145 Å². The van der Waals surface area contributed by atoms with Crippen LogP contribution in [0.15, 0.2) is 71.6 Å². The van der Waals surface area contributed by atoms with E-state index in [2.05, 4.69) is 62.9 Å². The summed E-state index contributed by atoms with van der Waals surface area (Å²) in [6.45, 7) is 14.3. The maximum absolute atomic E-state index is 13.3. The third-order valence-electron chi connectivity index (χ3n) is 14.6. The number of nitrogens with one attached hydrogen (secondary N) is 2. The molecule has 3 N–H and O–H groups in total. The van der Waals surface area contributed by atoms with Crippen LogP contribution in [0.3, 0.4) is 0 Å².